The molecule has 4 aromatic rings. The van der Waals surface area contributed by atoms with Crippen molar-refractivity contribution in [3.05, 3.63) is 102 Å². The summed E-state index contributed by atoms with van der Waals surface area (Å²) in [7, 11) is 0. The number of nitrogens with zero attached hydrogens (tertiary/aromatic N) is 3. The Kier molecular flexibility index (Phi) is 6.29. The van der Waals surface area contributed by atoms with E-state index in [9.17, 15) is 4.79 Å². The minimum atomic E-state index is -0.358. The first kappa shape index (κ1) is 20.0. The number of hydrogen-bond acceptors (Lipinski definition) is 5. The maximum atomic E-state index is 11.3. The third kappa shape index (κ3) is 4.80. The van der Waals surface area contributed by atoms with Crippen LogP contribution in [0.2, 0.25) is 0 Å². The second-order valence-corrected chi connectivity index (χ2v) is 7.92. The van der Waals surface area contributed by atoms with Crippen molar-refractivity contribution < 1.29 is 9.21 Å². The molecule has 152 valence electrons. The standard InChI is InChI=1S/C23H22N4O2S/c24-20(28)13-14-21-25-26-23(27(21)16-19-12-7-15-29-19)30-22(17-8-3-1-4-9-17)18-10-5-2-6-11-18/h1-12,15,22H,13-14,16H2,(H2,24,28). The molecule has 1 amide bonds. The fourth-order valence-corrected chi connectivity index (χ4v) is 4.42. The van der Waals surface area contributed by atoms with E-state index in [0.717, 1.165) is 10.9 Å². The van der Waals surface area contributed by atoms with Crippen LogP contribution >= 0.6 is 11.8 Å². The minimum absolute atomic E-state index is 0.0518. The molecule has 0 saturated heterocycles. The second-order valence-electron chi connectivity index (χ2n) is 6.85. The predicted molar refractivity (Wildman–Crippen MR) is 116 cm³/mol. The Labute approximate surface area is 179 Å². The Morgan fingerprint density at radius 3 is 2.20 bits per heavy atom. The Morgan fingerprint density at radius 2 is 1.63 bits per heavy atom. The predicted octanol–water partition coefficient (Wildman–Crippen LogP) is 4.22. The molecular weight excluding hydrogens is 396 g/mol. The average molecular weight is 419 g/mol. The van der Waals surface area contributed by atoms with E-state index in [1.807, 2.05) is 53.1 Å². The number of benzene rings is 2. The molecule has 0 aliphatic heterocycles. The summed E-state index contributed by atoms with van der Waals surface area (Å²) in [5.74, 6) is 1.16. The molecule has 0 aliphatic rings. The van der Waals surface area contributed by atoms with Gasteiger partial charge < -0.3 is 10.2 Å². The molecule has 0 bridgehead atoms. The van der Waals surface area contributed by atoms with Crippen LogP contribution in [0.25, 0.3) is 0 Å². The molecule has 4 rings (SSSR count). The molecule has 7 heteroatoms. The van der Waals surface area contributed by atoms with Crippen molar-refractivity contribution in [1.29, 1.82) is 0 Å². The van der Waals surface area contributed by atoms with E-state index in [1.165, 1.54) is 11.1 Å². The van der Waals surface area contributed by atoms with Gasteiger partial charge in [-0.2, -0.15) is 0 Å². The van der Waals surface area contributed by atoms with Gasteiger partial charge in [0.05, 0.1) is 18.1 Å². The molecule has 6 nitrogen and oxygen atoms in total. The van der Waals surface area contributed by atoms with Crippen LogP contribution in [0.3, 0.4) is 0 Å². The van der Waals surface area contributed by atoms with Crippen molar-refractivity contribution in [2.45, 2.75) is 29.8 Å². The smallest absolute Gasteiger partial charge is 0.217 e. The Bertz CT molecular complexity index is 1040. The molecule has 2 aromatic carbocycles. The van der Waals surface area contributed by atoms with Crippen molar-refractivity contribution in [3.63, 3.8) is 0 Å². The van der Waals surface area contributed by atoms with E-state index >= 15 is 0 Å². The summed E-state index contributed by atoms with van der Waals surface area (Å²) in [6.45, 7) is 0.493. The van der Waals surface area contributed by atoms with Gasteiger partial charge in [0, 0.05) is 12.8 Å². The molecule has 2 aromatic heterocycles. The summed E-state index contributed by atoms with van der Waals surface area (Å²) in [5, 5.41) is 9.62. The van der Waals surface area contributed by atoms with Crippen LogP contribution in [-0.2, 0) is 17.8 Å². The number of thioether (sulfide) groups is 1. The third-order valence-corrected chi connectivity index (χ3v) is 6.00. The third-order valence-electron chi connectivity index (χ3n) is 4.71. The number of aryl methyl sites for hydroxylation is 1. The van der Waals surface area contributed by atoms with Gasteiger partial charge in [0.1, 0.15) is 11.6 Å². The second kappa shape index (κ2) is 9.45. The van der Waals surface area contributed by atoms with Crippen LogP contribution in [0.15, 0.2) is 88.6 Å². The van der Waals surface area contributed by atoms with Crippen LogP contribution in [0.4, 0.5) is 0 Å². The molecule has 2 N–H and O–H groups in total. The van der Waals surface area contributed by atoms with Gasteiger partial charge in [0.25, 0.3) is 0 Å². The topological polar surface area (TPSA) is 86.9 Å². The maximum absolute atomic E-state index is 11.3. The van der Waals surface area contributed by atoms with Crippen LogP contribution in [0, 0.1) is 0 Å². The lowest BCUT2D eigenvalue weighted by atomic mass is 10.0. The minimum Gasteiger partial charge on any atom is -0.467 e. The molecule has 0 radical (unpaired) electrons. The highest BCUT2D eigenvalue weighted by atomic mass is 32.2. The first-order valence-corrected chi connectivity index (χ1v) is 10.6. The van der Waals surface area contributed by atoms with E-state index in [4.69, 9.17) is 10.2 Å². The van der Waals surface area contributed by atoms with Gasteiger partial charge in [-0.1, -0.05) is 72.4 Å². The van der Waals surface area contributed by atoms with Gasteiger partial charge in [-0.05, 0) is 23.3 Å². The number of rotatable bonds is 9. The van der Waals surface area contributed by atoms with Crippen LogP contribution in [0.1, 0.15) is 34.4 Å². The number of carbonyl (C=O) groups excluding carboxylic acids is 1. The first-order valence-electron chi connectivity index (χ1n) is 9.70. The normalized spacial score (nSPS) is 11.1. The van der Waals surface area contributed by atoms with E-state index in [0.29, 0.717) is 18.8 Å². The van der Waals surface area contributed by atoms with Gasteiger partial charge >= 0.3 is 0 Å². The molecule has 0 aliphatic carbocycles. The van der Waals surface area contributed by atoms with Crippen molar-refractivity contribution >= 4 is 17.7 Å². The van der Waals surface area contributed by atoms with E-state index in [2.05, 4.69) is 34.5 Å². The molecule has 0 fully saturated rings. The number of carbonyl (C=O) groups is 1. The zero-order valence-electron chi connectivity index (χ0n) is 16.3. The van der Waals surface area contributed by atoms with Crippen molar-refractivity contribution in [2.75, 3.05) is 0 Å². The Balaban J connectivity index is 1.69. The lowest BCUT2D eigenvalue weighted by Crippen LogP contribution is -2.14. The summed E-state index contributed by atoms with van der Waals surface area (Å²) < 4.78 is 7.54. The fourth-order valence-electron chi connectivity index (χ4n) is 3.23. The molecule has 0 spiro atoms. The highest BCUT2D eigenvalue weighted by Crippen LogP contribution is 2.40. The average Bonchev–Trinajstić information content (AvgIpc) is 3.42. The summed E-state index contributed by atoms with van der Waals surface area (Å²) in [6, 6.07) is 24.4. The number of furan rings is 1. The van der Waals surface area contributed by atoms with Gasteiger partial charge in [-0.15, -0.1) is 10.2 Å². The molecule has 0 saturated carbocycles. The zero-order chi connectivity index (χ0) is 20.8. The van der Waals surface area contributed by atoms with Gasteiger partial charge in [-0.25, -0.2) is 0 Å². The largest absolute Gasteiger partial charge is 0.467 e. The number of primary amides is 1. The molecule has 0 unspecified atom stereocenters. The Hall–Kier alpha value is -3.32. The van der Waals surface area contributed by atoms with Gasteiger partial charge in [-0.3, -0.25) is 9.36 Å². The quantitative estimate of drug-likeness (QED) is 0.411. The lowest BCUT2D eigenvalue weighted by Gasteiger charge is -2.18. The maximum Gasteiger partial charge on any atom is 0.217 e. The number of nitrogens with two attached hydrogens (primary N) is 1. The monoisotopic (exact) mass is 418 g/mol. The molecule has 0 atom stereocenters. The number of aromatic nitrogens is 3. The van der Waals surface area contributed by atoms with Gasteiger partial charge in [0.15, 0.2) is 5.16 Å². The number of amides is 1. The van der Waals surface area contributed by atoms with E-state index in [1.54, 1.807) is 18.0 Å². The zero-order valence-corrected chi connectivity index (χ0v) is 17.2. The summed E-state index contributed by atoms with van der Waals surface area (Å²) in [5.41, 5.74) is 7.71. The van der Waals surface area contributed by atoms with Crippen LogP contribution in [-0.4, -0.2) is 20.7 Å². The summed E-state index contributed by atoms with van der Waals surface area (Å²) >= 11 is 1.63. The van der Waals surface area contributed by atoms with E-state index < -0.39 is 0 Å². The summed E-state index contributed by atoms with van der Waals surface area (Å²) in [6.07, 6.45) is 2.30. The van der Waals surface area contributed by atoms with Crippen molar-refractivity contribution in [2.24, 2.45) is 5.73 Å². The van der Waals surface area contributed by atoms with Crippen LogP contribution in [0.5, 0.6) is 0 Å². The number of hydrogen-bond donors (Lipinski definition) is 1. The first-order chi connectivity index (χ1) is 14.7. The lowest BCUT2D eigenvalue weighted by molar-refractivity contribution is -0.118. The van der Waals surface area contributed by atoms with Crippen LogP contribution < -0.4 is 5.73 Å². The Morgan fingerprint density at radius 1 is 0.967 bits per heavy atom. The van der Waals surface area contributed by atoms with Crippen molar-refractivity contribution in [3.8, 4) is 0 Å². The van der Waals surface area contributed by atoms with Crippen molar-refractivity contribution in [1.82, 2.24) is 14.8 Å². The fraction of sp³-hybridized carbons (Fsp3) is 0.174. The van der Waals surface area contributed by atoms with Gasteiger partial charge in [0.2, 0.25) is 5.91 Å². The SMILES string of the molecule is NC(=O)CCc1nnc(SC(c2ccccc2)c2ccccc2)n1Cc1ccco1. The summed E-state index contributed by atoms with van der Waals surface area (Å²) in [4.78, 5) is 11.3. The van der Waals surface area contributed by atoms with E-state index in [-0.39, 0.29) is 17.6 Å². The molecule has 30 heavy (non-hydrogen) atoms. The molecule has 2 heterocycles. The highest BCUT2D eigenvalue weighted by Gasteiger charge is 2.22. The molecular formula is C23H22N4O2S. The highest BCUT2D eigenvalue weighted by molar-refractivity contribution is 7.99.